The molecule has 9 nitrogen and oxygen atoms in total. The Morgan fingerprint density at radius 1 is 1.62 bits per heavy atom. The number of aromatic nitrogens is 4. The highest BCUT2D eigenvalue weighted by molar-refractivity contribution is 8.39. The lowest BCUT2D eigenvalue weighted by atomic mass is 10.2. The van der Waals surface area contributed by atoms with Gasteiger partial charge in [-0.25, -0.2) is 4.98 Å². The fraction of sp³-hybridized carbons (Fsp3) is 0.500. The Morgan fingerprint density at radius 3 is 3.19 bits per heavy atom. The van der Waals surface area contributed by atoms with E-state index in [2.05, 4.69) is 27.2 Å². The number of aromatic amines is 1. The number of nitrogen functional groups attached to an aromatic ring is 1. The predicted octanol–water partition coefficient (Wildman–Crippen LogP) is 0.983. The summed E-state index contributed by atoms with van der Waals surface area (Å²) in [6, 6.07) is 0. The summed E-state index contributed by atoms with van der Waals surface area (Å²) in [4.78, 5) is 22.2. The van der Waals surface area contributed by atoms with E-state index in [4.69, 9.17) is 15.0 Å². The first-order chi connectivity index (χ1) is 10.0. The minimum atomic E-state index is -1.94. The largest absolute Gasteiger partial charge is 0.582 e. The second-order valence-electron chi connectivity index (χ2n) is 4.60. The average molecular weight is 330 g/mol. The molecule has 3 N–H and O–H groups in total. The van der Waals surface area contributed by atoms with Crippen LogP contribution in [0.25, 0.3) is 11.2 Å². The Balaban J connectivity index is 1.82. The monoisotopic (exact) mass is 330 g/mol. The van der Waals surface area contributed by atoms with Crippen LogP contribution in [0.5, 0.6) is 0 Å². The molecule has 21 heavy (non-hydrogen) atoms. The maximum Gasteiger partial charge on any atom is 0.582 e. The molecule has 1 aliphatic rings. The van der Waals surface area contributed by atoms with E-state index in [1.807, 2.05) is 0 Å². The van der Waals surface area contributed by atoms with Gasteiger partial charge in [0.25, 0.3) is 5.56 Å². The van der Waals surface area contributed by atoms with Crippen molar-refractivity contribution >= 4 is 36.6 Å². The SMILES string of the molecule is Nc1nc2c(ncn2[C@H]2CC[C@@H](CO[P+](=O)S)O2)c(=O)[nH]1. The van der Waals surface area contributed by atoms with Crippen LogP contribution >= 0.6 is 19.5 Å². The highest BCUT2D eigenvalue weighted by atomic mass is 32.7. The zero-order chi connectivity index (χ0) is 15.0. The molecule has 1 fully saturated rings. The van der Waals surface area contributed by atoms with Crippen LogP contribution in [-0.4, -0.2) is 32.2 Å². The minimum Gasteiger partial charge on any atom is -0.369 e. The fourth-order valence-electron chi connectivity index (χ4n) is 2.31. The van der Waals surface area contributed by atoms with E-state index >= 15 is 0 Å². The summed E-state index contributed by atoms with van der Waals surface area (Å²) in [5.41, 5.74) is 5.75. The first-order valence-corrected chi connectivity index (χ1v) is 8.54. The van der Waals surface area contributed by atoms with Crippen LogP contribution in [0.1, 0.15) is 19.1 Å². The summed E-state index contributed by atoms with van der Waals surface area (Å²) in [5, 5.41) is 0. The summed E-state index contributed by atoms with van der Waals surface area (Å²) in [5.74, 6) is 0.0270. The standard InChI is InChI=1S/C10H12N5O4PS/c11-10-13-8-7(9(16)14-10)12-4-15(8)6-2-1-5(19-6)3-18-20(17)21/h4-6H,1-3H2,(H3-,11,13,14,16,17,21)/p+1/t5-,6+/m0/s1. The normalized spacial score (nSPS) is 22.8. The van der Waals surface area contributed by atoms with Gasteiger partial charge in [0.05, 0.1) is 12.4 Å². The van der Waals surface area contributed by atoms with E-state index in [1.165, 1.54) is 6.33 Å². The lowest BCUT2D eigenvalue weighted by Crippen LogP contribution is -2.16. The Bertz CT molecular complexity index is 747. The zero-order valence-electron chi connectivity index (χ0n) is 10.8. The summed E-state index contributed by atoms with van der Waals surface area (Å²) in [7, 11) is -1.94. The van der Waals surface area contributed by atoms with Crippen molar-refractivity contribution in [3.63, 3.8) is 0 Å². The molecule has 11 heteroatoms. The number of nitrogens with two attached hydrogens (primary N) is 1. The molecule has 1 aliphatic heterocycles. The van der Waals surface area contributed by atoms with Crippen LogP contribution in [0.3, 0.4) is 0 Å². The molecule has 0 radical (unpaired) electrons. The number of nitrogens with one attached hydrogen (secondary N) is 1. The number of H-pyrrole nitrogens is 1. The van der Waals surface area contributed by atoms with E-state index in [0.717, 1.165) is 6.42 Å². The van der Waals surface area contributed by atoms with Gasteiger partial charge >= 0.3 is 7.23 Å². The van der Waals surface area contributed by atoms with Crippen LogP contribution < -0.4 is 11.3 Å². The molecule has 0 bridgehead atoms. The lowest BCUT2D eigenvalue weighted by molar-refractivity contribution is -0.0141. The first kappa shape index (κ1) is 14.5. The molecule has 0 aliphatic carbocycles. The van der Waals surface area contributed by atoms with Crippen LogP contribution in [0.2, 0.25) is 0 Å². The molecule has 0 spiro atoms. The second kappa shape index (κ2) is 5.72. The zero-order valence-corrected chi connectivity index (χ0v) is 12.6. The Kier molecular flexibility index (Phi) is 3.94. The summed E-state index contributed by atoms with van der Waals surface area (Å²) in [6.45, 7) is 0.206. The molecule has 3 heterocycles. The number of imidazole rings is 1. The number of nitrogens with zero attached hydrogens (tertiary/aromatic N) is 3. The fourth-order valence-corrected chi connectivity index (χ4v) is 2.81. The maximum absolute atomic E-state index is 11.7. The van der Waals surface area contributed by atoms with Gasteiger partial charge in [-0.1, -0.05) is 0 Å². The number of anilines is 1. The van der Waals surface area contributed by atoms with Crippen molar-refractivity contribution < 1.29 is 13.8 Å². The Morgan fingerprint density at radius 2 is 2.43 bits per heavy atom. The molecule has 0 amide bonds. The van der Waals surface area contributed by atoms with Gasteiger partial charge in [0, 0.05) is 0 Å². The number of fused-ring (bicyclic) bond motifs is 1. The second-order valence-corrected chi connectivity index (χ2v) is 6.31. The van der Waals surface area contributed by atoms with Crippen molar-refractivity contribution in [2.75, 3.05) is 12.3 Å². The summed E-state index contributed by atoms with van der Waals surface area (Å²) >= 11 is 3.68. The lowest BCUT2D eigenvalue weighted by Gasteiger charge is -2.13. The molecule has 2 aromatic rings. The molecule has 112 valence electrons. The van der Waals surface area contributed by atoms with E-state index in [0.29, 0.717) is 12.1 Å². The van der Waals surface area contributed by atoms with Gasteiger partial charge in [-0.2, -0.15) is 4.98 Å². The molecular weight excluding hydrogens is 317 g/mol. The quantitative estimate of drug-likeness (QED) is 0.563. The molecule has 1 saturated heterocycles. The molecular formula is C10H13N5O4PS+. The number of ether oxygens (including phenoxy) is 1. The van der Waals surface area contributed by atoms with Gasteiger partial charge in [0.1, 0.15) is 25.1 Å². The Hall–Kier alpha value is -1.48. The summed E-state index contributed by atoms with van der Waals surface area (Å²) < 4.78 is 23.2. The highest BCUT2D eigenvalue weighted by Gasteiger charge is 2.30. The predicted molar refractivity (Wildman–Crippen MR) is 78.2 cm³/mol. The van der Waals surface area contributed by atoms with Gasteiger partial charge < -0.3 is 10.5 Å². The highest BCUT2D eigenvalue weighted by Crippen LogP contribution is 2.33. The van der Waals surface area contributed by atoms with Crippen molar-refractivity contribution in [1.82, 2.24) is 19.5 Å². The number of hydrogen-bond acceptors (Lipinski definition) is 7. The van der Waals surface area contributed by atoms with Crippen molar-refractivity contribution in [2.24, 2.45) is 0 Å². The molecule has 3 rings (SSSR count). The third kappa shape index (κ3) is 2.93. The van der Waals surface area contributed by atoms with E-state index in [9.17, 15) is 9.36 Å². The maximum atomic E-state index is 11.7. The van der Waals surface area contributed by atoms with Gasteiger partial charge in [-0.05, 0) is 17.4 Å². The number of rotatable bonds is 4. The van der Waals surface area contributed by atoms with Crippen LogP contribution in [0.15, 0.2) is 11.1 Å². The van der Waals surface area contributed by atoms with Crippen molar-refractivity contribution in [2.45, 2.75) is 25.2 Å². The van der Waals surface area contributed by atoms with Crippen molar-refractivity contribution in [3.8, 4) is 0 Å². The van der Waals surface area contributed by atoms with Crippen LogP contribution in [0.4, 0.5) is 5.95 Å². The first-order valence-electron chi connectivity index (χ1n) is 6.21. The minimum absolute atomic E-state index is 0.0270. The van der Waals surface area contributed by atoms with E-state index in [1.54, 1.807) is 4.57 Å². The molecule has 3 atom stereocenters. The van der Waals surface area contributed by atoms with Gasteiger partial charge in [0.2, 0.25) is 5.95 Å². The van der Waals surface area contributed by atoms with Gasteiger partial charge in [-0.15, -0.1) is 4.52 Å². The van der Waals surface area contributed by atoms with E-state index < -0.39 is 7.23 Å². The third-order valence-corrected chi connectivity index (χ3v) is 3.93. The Labute approximate surface area is 124 Å². The van der Waals surface area contributed by atoms with Crippen LogP contribution in [-0.2, 0) is 13.8 Å². The topological polar surface area (TPSA) is 125 Å². The molecule has 0 saturated carbocycles. The molecule has 0 aromatic carbocycles. The van der Waals surface area contributed by atoms with Gasteiger partial charge in [0.15, 0.2) is 11.2 Å². The average Bonchev–Trinajstić information content (AvgIpc) is 3.02. The van der Waals surface area contributed by atoms with E-state index in [-0.39, 0.29) is 36.0 Å². The van der Waals surface area contributed by atoms with Crippen LogP contribution in [0, 0.1) is 0 Å². The van der Waals surface area contributed by atoms with Gasteiger partial charge in [-0.3, -0.25) is 14.3 Å². The smallest absolute Gasteiger partial charge is 0.369 e. The number of hydrogen-bond donors (Lipinski definition) is 3. The van der Waals surface area contributed by atoms with Crippen molar-refractivity contribution in [3.05, 3.63) is 16.7 Å². The number of thiol groups is 1. The molecule has 2 aromatic heterocycles. The molecule has 1 unspecified atom stereocenters. The van der Waals surface area contributed by atoms with Crippen molar-refractivity contribution in [1.29, 1.82) is 0 Å². The third-order valence-electron chi connectivity index (χ3n) is 3.22. The summed E-state index contributed by atoms with van der Waals surface area (Å²) in [6.07, 6.45) is 2.45.